The number of aromatic amines is 1. The zero-order valence-electron chi connectivity index (χ0n) is 19.5. The minimum absolute atomic E-state index is 0.0831. The van der Waals surface area contributed by atoms with Crippen LogP contribution in [0.2, 0.25) is 5.02 Å². The van der Waals surface area contributed by atoms with Gasteiger partial charge in [-0.05, 0) is 54.3 Å². The van der Waals surface area contributed by atoms with Crippen molar-refractivity contribution in [2.45, 2.75) is 19.4 Å². The lowest BCUT2D eigenvalue weighted by Crippen LogP contribution is -2.31. The first-order valence-electron chi connectivity index (χ1n) is 11.9. The third-order valence-corrected chi connectivity index (χ3v) is 7.22. The van der Waals surface area contributed by atoms with Crippen LogP contribution in [0.3, 0.4) is 0 Å². The zero-order valence-corrected chi connectivity index (χ0v) is 20.2. The van der Waals surface area contributed by atoms with Crippen LogP contribution in [0.25, 0.3) is 22.2 Å². The number of hydrogen-bond donors (Lipinski definition) is 1. The number of aromatic nitrogens is 1. The smallest absolute Gasteiger partial charge is 0.255 e. The highest BCUT2D eigenvalue weighted by Crippen LogP contribution is 2.45. The summed E-state index contributed by atoms with van der Waals surface area (Å²) in [6.07, 6.45) is 0.760. The Labute approximate surface area is 210 Å². The molecule has 172 valence electrons. The van der Waals surface area contributed by atoms with Crippen molar-refractivity contribution in [3.8, 4) is 11.3 Å². The Morgan fingerprint density at radius 2 is 1.57 bits per heavy atom. The van der Waals surface area contributed by atoms with Gasteiger partial charge in [0.25, 0.3) is 5.91 Å². The summed E-state index contributed by atoms with van der Waals surface area (Å²) in [6, 6.07) is 32.7. The number of nitrogens with zero attached hydrogens (tertiary/aromatic N) is 1. The highest BCUT2D eigenvalue weighted by molar-refractivity contribution is 6.30. The highest BCUT2D eigenvalue weighted by Gasteiger charge is 2.39. The van der Waals surface area contributed by atoms with Crippen molar-refractivity contribution in [2.24, 2.45) is 0 Å². The van der Waals surface area contributed by atoms with E-state index in [-0.39, 0.29) is 11.9 Å². The molecule has 1 atom stereocenters. The fraction of sp³-hybridized carbons (Fsp3) is 0.129. The third-order valence-electron chi connectivity index (χ3n) is 6.97. The number of nitrogens with one attached hydrogen (secondary N) is 1. The van der Waals surface area contributed by atoms with Gasteiger partial charge in [0.05, 0.1) is 11.7 Å². The maximum atomic E-state index is 13.7. The second-order valence-electron chi connectivity index (χ2n) is 9.19. The van der Waals surface area contributed by atoms with Crippen LogP contribution < -0.4 is 0 Å². The van der Waals surface area contributed by atoms with Crippen LogP contribution in [0.4, 0.5) is 0 Å². The van der Waals surface area contributed by atoms with Gasteiger partial charge >= 0.3 is 0 Å². The van der Waals surface area contributed by atoms with Crippen LogP contribution in [-0.2, 0) is 6.42 Å². The molecule has 0 bridgehead atoms. The number of fused-ring (bicyclic) bond motifs is 2. The van der Waals surface area contributed by atoms with E-state index in [4.69, 9.17) is 11.6 Å². The Bertz CT molecular complexity index is 1530. The van der Waals surface area contributed by atoms with Crippen molar-refractivity contribution in [1.29, 1.82) is 0 Å². The second kappa shape index (κ2) is 8.75. The van der Waals surface area contributed by atoms with Crippen molar-refractivity contribution in [3.63, 3.8) is 0 Å². The highest BCUT2D eigenvalue weighted by atomic mass is 35.5. The number of rotatable bonds is 5. The number of hydrogen-bond acceptors (Lipinski definition) is 1. The average molecular weight is 477 g/mol. The first-order chi connectivity index (χ1) is 17.1. The normalized spacial score (nSPS) is 15.1. The number of halogens is 1. The van der Waals surface area contributed by atoms with E-state index in [0.29, 0.717) is 6.54 Å². The molecule has 0 unspecified atom stereocenters. The van der Waals surface area contributed by atoms with Crippen molar-refractivity contribution >= 4 is 28.4 Å². The Hall–Kier alpha value is -3.82. The van der Waals surface area contributed by atoms with Crippen molar-refractivity contribution in [2.75, 3.05) is 6.54 Å². The molecule has 4 aromatic carbocycles. The van der Waals surface area contributed by atoms with Crippen LogP contribution in [-0.4, -0.2) is 22.3 Å². The number of H-pyrrole nitrogens is 1. The summed E-state index contributed by atoms with van der Waals surface area (Å²) >= 11 is 6.09. The Morgan fingerprint density at radius 3 is 2.37 bits per heavy atom. The first-order valence-corrected chi connectivity index (χ1v) is 12.3. The predicted octanol–water partition coefficient (Wildman–Crippen LogP) is 7.58. The van der Waals surface area contributed by atoms with E-state index >= 15 is 0 Å². The van der Waals surface area contributed by atoms with Crippen LogP contribution in [0.15, 0.2) is 97.1 Å². The minimum Gasteiger partial charge on any atom is -0.354 e. The van der Waals surface area contributed by atoms with E-state index < -0.39 is 0 Å². The summed E-state index contributed by atoms with van der Waals surface area (Å²) in [6.45, 7) is 2.72. The molecule has 2 heterocycles. The van der Waals surface area contributed by atoms with Gasteiger partial charge < -0.3 is 9.88 Å². The molecule has 0 aliphatic carbocycles. The average Bonchev–Trinajstić information content (AvgIpc) is 3.39. The van der Waals surface area contributed by atoms with Crippen molar-refractivity contribution in [3.05, 3.63) is 130 Å². The Balaban J connectivity index is 1.51. The van der Waals surface area contributed by atoms with Gasteiger partial charge in [0.1, 0.15) is 0 Å². The number of carbonyl (C=O) groups is 1. The molecule has 1 amide bonds. The van der Waals surface area contributed by atoms with Crippen LogP contribution in [0, 0.1) is 6.92 Å². The third kappa shape index (κ3) is 3.82. The zero-order chi connectivity index (χ0) is 23.9. The molecule has 1 aliphatic rings. The fourth-order valence-corrected chi connectivity index (χ4v) is 5.33. The van der Waals surface area contributed by atoms with Crippen LogP contribution in [0.1, 0.15) is 38.7 Å². The van der Waals surface area contributed by atoms with Crippen molar-refractivity contribution < 1.29 is 4.79 Å². The summed E-state index contributed by atoms with van der Waals surface area (Å²) in [7, 11) is 0. The molecule has 3 nitrogen and oxygen atoms in total. The van der Waals surface area contributed by atoms with E-state index in [1.165, 1.54) is 5.56 Å². The molecule has 1 aliphatic heterocycles. The number of para-hydroxylation sites is 1. The van der Waals surface area contributed by atoms with Gasteiger partial charge in [-0.2, -0.15) is 0 Å². The molecule has 0 fully saturated rings. The van der Waals surface area contributed by atoms with E-state index in [9.17, 15) is 4.79 Å². The molecule has 0 saturated heterocycles. The number of aryl methyl sites for hydroxylation is 1. The van der Waals surface area contributed by atoms with Crippen molar-refractivity contribution in [1.82, 2.24) is 9.88 Å². The van der Waals surface area contributed by atoms with E-state index in [1.54, 1.807) is 0 Å². The van der Waals surface area contributed by atoms with Crippen LogP contribution >= 0.6 is 11.6 Å². The summed E-state index contributed by atoms with van der Waals surface area (Å²) < 4.78 is 0. The lowest BCUT2D eigenvalue weighted by molar-refractivity contribution is 0.0753. The van der Waals surface area contributed by atoms with Gasteiger partial charge in [0.2, 0.25) is 0 Å². The number of carbonyl (C=O) groups excluding carboxylic acids is 1. The minimum atomic E-state index is -0.168. The van der Waals surface area contributed by atoms with E-state index in [2.05, 4.69) is 60.4 Å². The summed E-state index contributed by atoms with van der Waals surface area (Å²) in [4.78, 5) is 19.4. The quantitative estimate of drug-likeness (QED) is 0.279. The summed E-state index contributed by atoms with van der Waals surface area (Å²) in [5.74, 6) is 0.0831. The molecule has 1 aromatic heterocycles. The van der Waals surface area contributed by atoms with Gasteiger partial charge in [-0.15, -0.1) is 0 Å². The van der Waals surface area contributed by atoms with E-state index in [1.807, 2.05) is 53.4 Å². The number of benzene rings is 4. The summed E-state index contributed by atoms with van der Waals surface area (Å²) in [5.41, 5.74) is 8.65. The van der Waals surface area contributed by atoms with Gasteiger partial charge in [0.15, 0.2) is 0 Å². The monoisotopic (exact) mass is 476 g/mol. The topological polar surface area (TPSA) is 36.1 Å². The first kappa shape index (κ1) is 21.7. The Kier molecular flexibility index (Phi) is 5.43. The molecule has 0 saturated carbocycles. The molecule has 0 radical (unpaired) electrons. The predicted molar refractivity (Wildman–Crippen MR) is 143 cm³/mol. The molecule has 6 rings (SSSR count). The number of amides is 1. The SMILES string of the molecule is Cc1ccc(-c2[nH]c3ccccc3c2[C@@H]2c3ccccc3C(=O)N2CCc2ccc(Cl)cc2)cc1. The lowest BCUT2D eigenvalue weighted by atomic mass is 9.93. The molecule has 5 aromatic rings. The molecular weight excluding hydrogens is 452 g/mol. The van der Waals surface area contributed by atoms with Gasteiger partial charge in [0, 0.05) is 33.6 Å². The molecular formula is C31H25ClN2O. The standard InChI is InChI=1S/C31H25ClN2O/c1-20-10-14-22(15-11-20)29-28(26-8-4-5-9-27(26)33-29)30-24-6-2-3-7-25(24)31(35)34(30)19-18-21-12-16-23(32)17-13-21/h2-17,30,33H,18-19H2,1H3/t30-/m0/s1. The molecule has 4 heteroatoms. The van der Waals surface area contributed by atoms with Gasteiger partial charge in [-0.3, -0.25) is 4.79 Å². The van der Waals surface area contributed by atoms with E-state index in [0.717, 1.165) is 55.9 Å². The van der Waals surface area contributed by atoms with Gasteiger partial charge in [-0.1, -0.05) is 90.0 Å². The van der Waals surface area contributed by atoms with Crippen LogP contribution in [0.5, 0.6) is 0 Å². The Morgan fingerprint density at radius 1 is 0.857 bits per heavy atom. The summed E-state index contributed by atoms with van der Waals surface area (Å²) in [5, 5.41) is 1.87. The fourth-order valence-electron chi connectivity index (χ4n) is 5.21. The molecule has 35 heavy (non-hydrogen) atoms. The van der Waals surface area contributed by atoms with Gasteiger partial charge in [-0.25, -0.2) is 0 Å². The second-order valence-corrected chi connectivity index (χ2v) is 9.63. The molecule has 1 N–H and O–H groups in total. The maximum Gasteiger partial charge on any atom is 0.255 e. The molecule has 0 spiro atoms. The largest absolute Gasteiger partial charge is 0.354 e. The lowest BCUT2D eigenvalue weighted by Gasteiger charge is -2.27. The maximum absolute atomic E-state index is 13.7.